The first-order chi connectivity index (χ1) is 24.4. The molecule has 15 heteroatoms. The van der Waals surface area contributed by atoms with Crippen molar-refractivity contribution in [1.29, 1.82) is 0 Å². The van der Waals surface area contributed by atoms with Gasteiger partial charge in [0.25, 0.3) is 0 Å². The first-order valence-corrected chi connectivity index (χ1v) is 17.2. The Labute approximate surface area is 299 Å². The number of Topliss-reactive ketones (excluding diaryl/α,β-unsaturated/α-hetero) is 1. The Kier molecular flexibility index (Phi) is 12.5. The van der Waals surface area contributed by atoms with Crippen molar-refractivity contribution < 1.29 is 23.0 Å². The first-order valence-electron chi connectivity index (χ1n) is 16.4. The third-order valence-corrected chi connectivity index (χ3v) is 9.61. The number of nitrogens with zero attached hydrogens (tertiary/aromatic N) is 8. The highest BCUT2D eigenvalue weighted by Gasteiger charge is 2.38. The van der Waals surface area contributed by atoms with Gasteiger partial charge in [-0.15, -0.1) is 0 Å². The van der Waals surface area contributed by atoms with Crippen LogP contribution in [0.4, 0.5) is 20.2 Å². The SMILES string of the molecule is O=C(C(COCc1ccncn1)N1CCN(c2ccc(F)cc2Cl)CC1)C(COCc1ccncn1)N1CCN(c2ccc(F)cc2Cl)CC1. The lowest BCUT2D eigenvalue weighted by molar-refractivity contribution is -0.135. The van der Waals surface area contributed by atoms with Gasteiger partial charge in [-0.25, -0.2) is 28.7 Å². The minimum absolute atomic E-state index is 0.0168. The molecule has 0 radical (unpaired) electrons. The Bertz CT molecular complexity index is 1580. The molecule has 0 amide bonds. The summed E-state index contributed by atoms with van der Waals surface area (Å²) in [6.45, 7) is 5.35. The van der Waals surface area contributed by atoms with Gasteiger partial charge >= 0.3 is 0 Å². The summed E-state index contributed by atoms with van der Waals surface area (Å²) in [4.78, 5) is 39.7. The Balaban J connectivity index is 1.19. The molecule has 0 N–H and O–H groups in total. The molecule has 2 atom stereocenters. The molecule has 0 saturated carbocycles. The maximum absolute atomic E-state index is 14.8. The quantitative estimate of drug-likeness (QED) is 0.183. The van der Waals surface area contributed by atoms with Crippen LogP contribution >= 0.6 is 23.2 Å². The fourth-order valence-corrected chi connectivity index (χ4v) is 6.91. The van der Waals surface area contributed by atoms with Gasteiger partial charge in [0.15, 0.2) is 5.78 Å². The van der Waals surface area contributed by atoms with Crippen molar-refractivity contribution in [3.63, 3.8) is 0 Å². The van der Waals surface area contributed by atoms with E-state index in [0.29, 0.717) is 73.8 Å². The molecule has 50 heavy (non-hydrogen) atoms. The zero-order chi connectivity index (χ0) is 34.9. The molecule has 2 unspecified atom stereocenters. The lowest BCUT2D eigenvalue weighted by Gasteiger charge is -2.43. The highest BCUT2D eigenvalue weighted by Crippen LogP contribution is 2.29. The lowest BCUT2D eigenvalue weighted by atomic mass is 10.0. The van der Waals surface area contributed by atoms with Crippen molar-refractivity contribution in [2.24, 2.45) is 0 Å². The Morgan fingerprint density at radius 2 is 1.08 bits per heavy atom. The number of ether oxygens (including phenoxy) is 2. The normalized spacial score (nSPS) is 17.1. The van der Waals surface area contributed by atoms with Crippen LogP contribution in [0, 0.1) is 11.6 Å². The molecule has 2 aromatic heterocycles. The van der Waals surface area contributed by atoms with Crippen LogP contribution in [-0.2, 0) is 27.5 Å². The van der Waals surface area contributed by atoms with Crippen LogP contribution in [0.1, 0.15) is 11.4 Å². The number of benzene rings is 2. The second kappa shape index (κ2) is 17.4. The van der Waals surface area contributed by atoms with E-state index in [1.54, 1.807) is 36.7 Å². The van der Waals surface area contributed by atoms with Crippen molar-refractivity contribution in [2.45, 2.75) is 25.3 Å². The van der Waals surface area contributed by atoms with Gasteiger partial charge in [-0.2, -0.15) is 0 Å². The average molecular weight is 728 g/mol. The van der Waals surface area contributed by atoms with Crippen molar-refractivity contribution >= 4 is 40.4 Å². The van der Waals surface area contributed by atoms with E-state index in [1.807, 2.05) is 0 Å². The van der Waals surface area contributed by atoms with Crippen LogP contribution in [0.25, 0.3) is 0 Å². The van der Waals surface area contributed by atoms with Crippen molar-refractivity contribution in [1.82, 2.24) is 29.7 Å². The third-order valence-electron chi connectivity index (χ3n) is 9.01. The minimum Gasteiger partial charge on any atom is -0.373 e. The fourth-order valence-electron chi connectivity index (χ4n) is 6.34. The van der Waals surface area contributed by atoms with E-state index >= 15 is 0 Å². The van der Waals surface area contributed by atoms with Gasteiger partial charge in [0, 0.05) is 64.8 Å². The summed E-state index contributed by atoms with van der Waals surface area (Å²) in [6, 6.07) is 11.2. The van der Waals surface area contributed by atoms with Gasteiger partial charge in [-0.3, -0.25) is 14.6 Å². The van der Waals surface area contributed by atoms with Crippen molar-refractivity contribution in [2.75, 3.05) is 75.4 Å². The number of rotatable bonds is 14. The van der Waals surface area contributed by atoms with Crippen LogP contribution in [0.5, 0.6) is 0 Å². The molecule has 2 aliphatic rings. The van der Waals surface area contributed by atoms with Gasteiger partial charge in [0.05, 0.1) is 71.3 Å². The number of hydrogen-bond acceptors (Lipinski definition) is 11. The summed E-state index contributed by atoms with van der Waals surface area (Å²) in [6.07, 6.45) is 6.23. The third kappa shape index (κ3) is 9.27. The van der Waals surface area contributed by atoms with E-state index in [1.165, 1.54) is 36.9 Å². The number of anilines is 2. The average Bonchev–Trinajstić information content (AvgIpc) is 3.13. The highest BCUT2D eigenvalue weighted by atomic mass is 35.5. The maximum Gasteiger partial charge on any atom is 0.171 e. The van der Waals surface area contributed by atoms with Crippen LogP contribution in [0.2, 0.25) is 10.0 Å². The lowest BCUT2D eigenvalue weighted by Crippen LogP contribution is -2.61. The summed E-state index contributed by atoms with van der Waals surface area (Å²) >= 11 is 12.8. The molecule has 11 nitrogen and oxygen atoms in total. The molecule has 264 valence electrons. The van der Waals surface area contributed by atoms with Crippen LogP contribution in [-0.4, -0.2) is 113 Å². The van der Waals surface area contributed by atoms with E-state index in [0.717, 1.165) is 11.4 Å². The highest BCUT2D eigenvalue weighted by molar-refractivity contribution is 6.33. The predicted octanol–water partition coefficient (Wildman–Crippen LogP) is 4.54. The standard InChI is InChI=1S/C35H38Cl2F2N8O3/c36-29-17-25(38)1-3-31(29)44-9-13-46(14-10-44)33(21-49-19-27-5-7-40-23-42-27)35(48)34(22-50-20-28-6-8-41-24-43-28)47-15-11-45(12-16-47)32-4-2-26(39)18-30(32)37/h1-8,17-18,23-24,33-34H,9-16,19-22H2. The topological polar surface area (TPSA) is 100 Å². The van der Waals surface area contributed by atoms with Crippen molar-refractivity contribution in [3.8, 4) is 0 Å². The van der Waals surface area contributed by atoms with Gasteiger partial charge in [0.1, 0.15) is 24.3 Å². The molecule has 2 aliphatic heterocycles. The number of carbonyl (C=O) groups excluding carboxylic acids is 1. The summed E-state index contributed by atoms with van der Waals surface area (Å²) in [5.74, 6) is -0.797. The summed E-state index contributed by atoms with van der Waals surface area (Å²) in [5, 5.41) is 0.697. The molecule has 0 bridgehead atoms. The van der Waals surface area contributed by atoms with Gasteiger partial charge in [-0.1, -0.05) is 23.2 Å². The fraction of sp³-hybridized carbons (Fsp3) is 0.400. The molecule has 0 spiro atoms. The zero-order valence-electron chi connectivity index (χ0n) is 27.4. The summed E-state index contributed by atoms with van der Waals surface area (Å²) < 4.78 is 39.8. The monoisotopic (exact) mass is 726 g/mol. The molecular weight excluding hydrogens is 689 g/mol. The van der Waals surface area contributed by atoms with Gasteiger partial charge < -0.3 is 19.3 Å². The molecular formula is C35H38Cl2F2N8O3. The van der Waals surface area contributed by atoms with Crippen LogP contribution in [0.15, 0.2) is 73.6 Å². The minimum atomic E-state index is -0.583. The molecule has 2 saturated heterocycles. The van der Waals surface area contributed by atoms with Crippen LogP contribution < -0.4 is 9.80 Å². The molecule has 4 aromatic rings. The molecule has 6 rings (SSSR count). The summed E-state index contributed by atoms with van der Waals surface area (Å²) in [5.41, 5.74) is 2.93. The zero-order valence-corrected chi connectivity index (χ0v) is 28.9. The predicted molar refractivity (Wildman–Crippen MR) is 186 cm³/mol. The Morgan fingerprint density at radius 3 is 1.44 bits per heavy atom. The second-order valence-electron chi connectivity index (χ2n) is 12.1. The van der Waals surface area contributed by atoms with E-state index in [-0.39, 0.29) is 32.2 Å². The number of ketones is 1. The Morgan fingerprint density at radius 1 is 0.660 bits per heavy atom. The molecule has 2 aromatic carbocycles. The van der Waals surface area contributed by atoms with E-state index in [4.69, 9.17) is 32.7 Å². The van der Waals surface area contributed by atoms with E-state index in [9.17, 15) is 13.6 Å². The number of piperazine rings is 2. The molecule has 2 fully saturated rings. The number of carbonyl (C=O) groups is 1. The number of hydrogen-bond donors (Lipinski definition) is 0. The van der Waals surface area contributed by atoms with E-state index in [2.05, 4.69) is 39.5 Å². The first kappa shape index (κ1) is 36.0. The van der Waals surface area contributed by atoms with Gasteiger partial charge in [-0.05, 0) is 48.5 Å². The van der Waals surface area contributed by atoms with E-state index < -0.39 is 23.7 Å². The van der Waals surface area contributed by atoms with Crippen LogP contribution in [0.3, 0.4) is 0 Å². The smallest absolute Gasteiger partial charge is 0.171 e. The number of halogens is 4. The summed E-state index contributed by atoms with van der Waals surface area (Å²) in [7, 11) is 0. The maximum atomic E-state index is 14.8. The second-order valence-corrected chi connectivity index (χ2v) is 12.9. The molecule has 0 aliphatic carbocycles. The number of aromatic nitrogens is 4. The van der Waals surface area contributed by atoms with Gasteiger partial charge in [0.2, 0.25) is 0 Å². The van der Waals surface area contributed by atoms with Crippen molar-refractivity contribution in [3.05, 3.63) is 107 Å². The molecule has 4 heterocycles. The Hall–Kier alpha value is -3.85. The largest absolute Gasteiger partial charge is 0.373 e.